The van der Waals surface area contributed by atoms with Gasteiger partial charge in [-0.05, 0) is 48.4 Å². The van der Waals surface area contributed by atoms with E-state index < -0.39 is 0 Å². The number of carbonyl (C=O) groups excluding carboxylic acids is 2. The number of fused-ring (bicyclic) bond motifs is 1. The van der Waals surface area contributed by atoms with Crippen LogP contribution in [-0.2, 0) is 11.2 Å². The van der Waals surface area contributed by atoms with E-state index >= 15 is 0 Å². The van der Waals surface area contributed by atoms with E-state index in [1.54, 1.807) is 24.3 Å². The Kier molecular flexibility index (Phi) is 5.36. The number of thioether (sulfide) groups is 1. The number of carbonyl (C=O) groups is 2. The molecule has 0 saturated heterocycles. The summed E-state index contributed by atoms with van der Waals surface area (Å²) in [5.41, 5.74) is 2.96. The predicted octanol–water partition coefficient (Wildman–Crippen LogP) is 4.28. The molecule has 1 aromatic heterocycles. The molecule has 6 nitrogen and oxygen atoms in total. The third kappa shape index (κ3) is 4.37. The van der Waals surface area contributed by atoms with Gasteiger partial charge >= 0.3 is 0 Å². The second-order valence-corrected chi connectivity index (χ2v) is 8.34. The molecule has 0 fully saturated rings. The van der Waals surface area contributed by atoms with E-state index in [0.717, 1.165) is 11.3 Å². The first kappa shape index (κ1) is 18.6. The smallest absolute Gasteiger partial charge is 0.224 e. The normalized spacial score (nSPS) is 13.0. The fraction of sp³-hybridized carbons (Fsp3) is 0.158. The lowest BCUT2D eigenvalue weighted by Crippen LogP contribution is -2.19. The number of aromatic nitrogens is 2. The van der Waals surface area contributed by atoms with Crippen molar-refractivity contribution < 1.29 is 14.0 Å². The fourth-order valence-electron chi connectivity index (χ4n) is 2.78. The molecule has 0 aliphatic carbocycles. The average molecular weight is 414 g/mol. The Hall–Kier alpha value is -2.78. The zero-order valence-corrected chi connectivity index (χ0v) is 16.2. The van der Waals surface area contributed by atoms with Crippen LogP contribution in [0.15, 0.2) is 46.8 Å². The highest BCUT2D eigenvalue weighted by Gasteiger charge is 2.17. The summed E-state index contributed by atoms with van der Waals surface area (Å²) in [6.45, 7) is 0. The molecule has 0 bridgehead atoms. The average Bonchev–Trinajstić information content (AvgIpc) is 3.13. The van der Waals surface area contributed by atoms with Crippen LogP contribution in [0.25, 0.3) is 0 Å². The number of ketones is 1. The summed E-state index contributed by atoms with van der Waals surface area (Å²) in [6, 6.07) is 11.4. The summed E-state index contributed by atoms with van der Waals surface area (Å²) in [4.78, 5) is 23.9. The van der Waals surface area contributed by atoms with Crippen molar-refractivity contribution in [3.05, 3.63) is 59.4 Å². The number of halogens is 1. The standard InChI is InChI=1S/C19H15FN4O2S2/c20-13-2-1-3-14(9-13)21-18-23-24-19(28-18)27-10-16(25)12-4-6-15-11(8-12)5-7-17(26)22-15/h1-4,6,8-9H,5,7,10H2,(H,21,23)(H,22,26). The van der Waals surface area contributed by atoms with E-state index in [1.165, 1.54) is 35.2 Å². The lowest BCUT2D eigenvalue weighted by molar-refractivity contribution is -0.116. The first-order chi connectivity index (χ1) is 13.6. The van der Waals surface area contributed by atoms with Crippen LogP contribution in [0.3, 0.4) is 0 Å². The van der Waals surface area contributed by atoms with Crippen LogP contribution in [0.1, 0.15) is 22.3 Å². The lowest BCUT2D eigenvalue weighted by Gasteiger charge is -2.17. The van der Waals surface area contributed by atoms with E-state index in [2.05, 4.69) is 20.8 Å². The summed E-state index contributed by atoms with van der Waals surface area (Å²) in [6.07, 6.45) is 1.08. The van der Waals surface area contributed by atoms with Gasteiger partial charge in [-0.1, -0.05) is 29.2 Å². The Labute approximate surface area is 168 Å². The van der Waals surface area contributed by atoms with Gasteiger partial charge in [-0.3, -0.25) is 9.59 Å². The van der Waals surface area contributed by atoms with Gasteiger partial charge in [0.15, 0.2) is 10.1 Å². The van der Waals surface area contributed by atoms with Crippen molar-refractivity contribution in [2.75, 3.05) is 16.4 Å². The van der Waals surface area contributed by atoms with Gasteiger partial charge in [0, 0.05) is 23.4 Å². The molecule has 9 heteroatoms. The maximum absolute atomic E-state index is 13.2. The molecule has 0 saturated carbocycles. The SMILES string of the molecule is O=C1CCc2cc(C(=O)CSc3nnc(Nc4cccc(F)c4)s3)ccc2N1. The quantitative estimate of drug-likeness (QED) is 0.463. The third-order valence-electron chi connectivity index (χ3n) is 4.13. The van der Waals surface area contributed by atoms with Crippen LogP contribution < -0.4 is 10.6 Å². The number of nitrogens with zero attached hydrogens (tertiary/aromatic N) is 2. The van der Waals surface area contributed by atoms with E-state index in [9.17, 15) is 14.0 Å². The highest BCUT2D eigenvalue weighted by molar-refractivity contribution is 8.01. The van der Waals surface area contributed by atoms with Gasteiger partial charge in [-0.2, -0.15) is 0 Å². The summed E-state index contributed by atoms with van der Waals surface area (Å²) in [7, 11) is 0. The van der Waals surface area contributed by atoms with Crippen LogP contribution in [0, 0.1) is 5.82 Å². The largest absolute Gasteiger partial charge is 0.330 e. The molecule has 4 rings (SSSR count). The highest BCUT2D eigenvalue weighted by atomic mass is 32.2. The fourth-order valence-corrected chi connectivity index (χ4v) is 4.44. The number of amides is 1. The number of hydrogen-bond donors (Lipinski definition) is 2. The van der Waals surface area contributed by atoms with Crippen molar-refractivity contribution in [3.63, 3.8) is 0 Å². The maximum Gasteiger partial charge on any atom is 0.224 e. The van der Waals surface area contributed by atoms with Gasteiger partial charge in [0.1, 0.15) is 5.82 Å². The minimum Gasteiger partial charge on any atom is -0.330 e. The Morgan fingerprint density at radius 1 is 1.21 bits per heavy atom. The van der Waals surface area contributed by atoms with Crippen molar-refractivity contribution >= 4 is 51.3 Å². The number of nitrogens with one attached hydrogen (secondary N) is 2. The molecular formula is C19H15FN4O2S2. The minimum absolute atomic E-state index is 0.000978. The topological polar surface area (TPSA) is 84.0 Å². The Morgan fingerprint density at radius 3 is 2.96 bits per heavy atom. The van der Waals surface area contributed by atoms with Gasteiger partial charge in [0.05, 0.1) is 5.75 Å². The first-order valence-electron chi connectivity index (χ1n) is 8.52. The first-order valence-corrected chi connectivity index (χ1v) is 10.3. The zero-order chi connectivity index (χ0) is 19.5. The van der Waals surface area contributed by atoms with Gasteiger partial charge in [-0.15, -0.1) is 10.2 Å². The Balaban J connectivity index is 1.36. The maximum atomic E-state index is 13.2. The number of rotatable bonds is 6. The number of hydrogen-bond acceptors (Lipinski definition) is 7. The molecule has 2 N–H and O–H groups in total. The molecule has 2 heterocycles. The number of benzene rings is 2. The molecule has 0 spiro atoms. The summed E-state index contributed by atoms with van der Waals surface area (Å²) in [5.74, 6) is -0.111. The van der Waals surface area contributed by atoms with Crippen molar-refractivity contribution in [3.8, 4) is 0 Å². The molecule has 0 atom stereocenters. The third-order valence-corrected chi connectivity index (χ3v) is 6.10. The van der Waals surface area contributed by atoms with E-state index in [0.29, 0.717) is 33.6 Å². The molecule has 2 aromatic carbocycles. The summed E-state index contributed by atoms with van der Waals surface area (Å²) < 4.78 is 13.9. The van der Waals surface area contributed by atoms with Crippen molar-refractivity contribution in [1.29, 1.82) is 0 Å². The molecule has 1 aliphatic rings. The van der Waals surface area contributed by atoms with Crippen molar-refractivity contribution in [2.45, 2.75) is 17.2 Å². The van der Waals surface area contributed by atoms with Gasteiger partial charge < -0.3 is 10.6 Å². The number of anilines is 3. The van der Waals surface area contributed by atoms with Crippen molar-refractivity contribution in [1.82, 2.24) is 10.2 Å². The molecular weight excluding hydrogens is 399 g/mol. The second-order valence-electron chi connectivity index (χ2n) is 6.14. The van der Waals surface area contributed by atoms with Crippen LogP contribution in [0.5, 0.6) is 0 Å². The van der Waals surface area contributed by atoms with Crippen LogP contribution in [0.2, 0.25) is 0 Å². The number of aryl methyl sites for hydroxylation is 1. The lowest BCUT2D eigenvalue weighted by atomic mass is 9.99. The van der Waals surface area contributed by atoms with E-state index in [4.69, 9.17) is 0 Å². The van der Waals surface area contributed by atoms with E-state index in [-0.39, 0.29) is 23.3 Å². The Bertz CT molecular complexity index is 1050. The predicted molar refractivity (Wildman–Crippen MR) is 108 cm³/mol. The second kappa shape index (κ2) is 8.07. The van der Waals surface area contributed by atoms with E-state index in [1.807, 2.05) is 6.07 Å². The summed E-state index contributed by atoms with van der Waals surface area (Å²) in [5, 5.41) is 14.4. The van der Waals surface area contributed by atoms with Gasteiger partial charge in [0.25, 0.3) is 0 Å². The summed E-state index contributed by atoms with van der Waals surface area (Å²) >= 11 is 2.61. The van der Waals surface area contributed by atoms with Crippen LogP contribution in [-0.4, -0.2) is 27.6 Å². The highest BCUT2D eigenvalue weighted by Crippen LogP contribution is 2.29. The van der Waals surface area contributed by atoms with Gasteiger partial charge in [-0.25, -0.2) is 4.39 Å². The monoisotopic (exact) mass is 414 g/mol. The molecule has 3 aromatic rings. The molecule has 28 heavy (non-hydrogen) atoms. The molecule has 0 unspecified atom stereocenters. The zero-order valence-electron chi connectivity index (χ0n) is 14.6. The Morgan fingerprint density at radius 2 is 2.11 bits per heavy atom. The van der Waals surface area contributed by atoms with Crippen LogP contribution in [0.4, 0.5) is 20.9 Å². The molecule has 1 aliphatic heterocycles. The number of Topliss-reactive ketones (excluding diaryl/α,β-unsaturated/α-hetero) is 1. The van der Waals surface area contributed by atoms with Crippen LogP contribution >= 0.6 is 23.1 Å². The molecule has 0 radical (unpaired) electrons. The van der Waals surface area contributed by atoms with Crippen molar-refractivity contribution in [2.24, 2.45) is 0 Å². The minimum atomic E-state index is -0.334. The molecule has 1 amide bonds. The molecule has 142 valence electrons. The van der Waals surface area contributed by atoms with Gasteiger partial charge in [0.2, 0.25) is 11.0 Å².